The molecule has 1 heterocycles. The second-order valence-electron chi connectivity index (χ2n) is 4.18. The predicted octanol–water partition coefficient (Wildman–Crippen LogP) is 2.68. The number of imidazole rings is 1. The van der Waals surface area contributed by atoms with Crippen LogP contribution in [0.2, 0.25) is 0 Å². The molecule has 0 spiro atoms. The lowest BCUT2D eigenvalue weighted by Crippen LogP contribution is -2.22. The molecule has 0 amide bonds. The van der Waals surface area contributed by atoms with Crippen LogP contribution in [0.1, 0.15) is 5.56 Å². The summed E-state index contributed by atoms with van der Waals surface area (Å²) >= 11 is 5.16. The lowest BCUT2D eigenvalue weighted by molar-refractivity contribution is 0.311. The molecule has 0 aliphatic carbocycles. The zero-order valence-electron chi connectivity index (χ0n) is 9.97. The van der Waals surface area contributed by atoms with Crippen molar-refractivity contribution in [3.05, 3.63) is 53.1 Å². The Morgan fingerprint density at radius 2 is 2.06 bits per heavy atom. The van der Waals surface area contributed by atoms with E-state index in [0.717, 1.165) is 24.4 Å². The van der Waals surface area contributed by atoms with Crippen molar-refractivity contribution in [3.8, 4) is 0 Å². The topological polar surface area (TPSA) is 24.0 Å². The first-order valence-corrected chi connectivity index (χ1v) is 6.13. The summed E-state index contributed by atoms with van der Waals surface area (Å²) in [7, 11) is 2.13. The van der Waals surface area contributed by atoms with Crippen LogP contribution in [0.4, 0.5) is 0 Å². The van der Waals surface area contributed by atoms with Crippen molar-refractivity contribution < 1.29 is 0 Å². The predicted molar refractivity (Wildman–Crippen MR) is 72.4 cm³/mol. The lowest BCUT2D eigenvalue weighted by atomic mass is 10.2. The van der Waals surface area contributed by atoms with Gasteiger partial charge < -0.3 is 14.5 Å². The summed E-state index contributed by atoms with van der Waals surface area (Å²) in [6, 6.07) is 10.5. The van der Waals surface area contributed by atoms with Gasteiger partial charge in [0.15, 0.2) is 4.77 Å². The molecular formula is C13H17N3S. The molecule has 0 radical (unpaired) electrons. The second-order valence-corrected chi connectivity index (χ2v) is 4.57. The van der Waals surface area contributed by atoms with E-state index >= 15 is 0 Å². The molecule has 0 atom stereocenters. The van der Waals surface area contributed by atoms with Crippen molar-refractivity contribution in [2.45, 2.75) is 13.1 Å². The van der Waals surface area contributed by atoms with E-state index in [4.69, 9.17) is 12.2 Å². The molecule has 0 saturated heterocycles. The molecular weight excluding hydrogens is 230 g/mol. The summed E-state index contributed by atoms with van der Waals surface area (Å²) in [5.41, 5.74) is 1.34. The molecule has 3 nitrogen and oxygen atoms in total. The summed E-state index contributed by atoms with van der Waals surface area (Å²) in [4.78, 5) is 5.30. The quantitative estimate of drug-likeness (QED) is 0.821. The molecule has 0 saturated carbocycles. The largest absolute Gasteiger partial charge is 0.337 e. The van der Waals surface area contributed by atoms with Gasteiger partial charge in [0.05, 0.1) is 0 Å². The van der Waals surface area contributed by atoms with Crippen molar-refractivity contribution in [1.29, 1.82) is 0 Å². The Morgan fingerprint density at radius 1 is 1.29 bits per heavy atom. The van der Waals surface area contributed by atoms with Crippen LogP contribution in [0.25, 0.3) is 0 Å². The SMILES string of the molecule is CN(CCn1cc[nH]c1=S)Cc1ccccc1. The van der Waals surface area contributed by atoms with Crippen LogP contribution in [0.5, 0.6) is 0 Å². The number of benzene rings is 1. The van der Waals surface area contributed by atoms with Gasteiger partial charge in [0.2, 0.25) is 0 Å². The minimum absolute atomic E-state index is 0.790. The summed E-state index contributed by atoms with van der Waals surface area (Å²) in [5, 5.41) is 0. The highest BCUT2D eigenvalue weighted by Crippen LogP contribution is 2.02. The summed E-state index contributed by atoms with van der Waals surface area (Å²) < 4.78 is 2.84. The smallest absolute Gasteiger partial charge is 0.177 e. The maximum Gasteiger partial charge on any atom is 0.177 e. The van der Waals surface area contributed by atoms with E-state index < -0.39 is 0 Å². The van der Waals surface area contributed by atoms with E-state index in [9.17, 15) is 0 Å². The van der Waals surface area contributed by atoms with Crippen LogP contribution in [0, 0.1) is 4.77 Å². The molecule has 90 valence electrons. The zero-order valence-corrected chi connectivity index (χ0v) is 10.8. The number of nitrogens with zero attached hydrogens (tertiary/aromatic N) is 2. The Morgan fingerprint density at radius 3 is 2.71 bits per heavy atom. The monoisotopic (exact) mass is 247 g/mol. The van der Waals surface area contributed by atoms with Gasteiger partial charge in [-0.25, -0.2) is 0 Å². The fourth-order valence-electron chi connectivity index (χ4n) is 1.78. The number of likely N-dealkylation sites (N-methyl/N-ethyl adjacent to an activating group) is 1. The van der Waals surface area contributed by atoms with Crippen LogP contribution in [0.3, 0.4) is 0 Å². The van der Waals surface area contributed by atoms with Crippen molar-refractivity contribution in [2.24, 2.45) is 0 Å². The highest BCUT2D eigenvalue weighted by molar-refractivity contribution is 7.71. The number of nitrogens with one attached hydrogen (secondary N) is 1. The molecule has 0 aliphatic rings. The Labute approximate surface area is 107 Å². The van der Waals surface area contributed by atoms with Gasteiger partial charge in [-0.2, -0.15) is 0 Å². The molecule has 1 N–H and O–H groups in total. The van der Waals surface area contributed by atoms with E-state index in [-0.39, 0.29) is 0 Å². The van der Waals surface area contributed by atoms with Gasteiger partial charge in [0, 0.05) is 32.0 Å². The highest BCUT2D eigenvalue weighted by atomic mass is 32.1. The standard InChI is InChI=1S/C13H17N3S/c1-15(11-12-5-3-2-4-6-12)9-10-16-8-7-14-13(16)17/h2-8H,9-11H2,1H3,(H,14,17). The first kappa shape index (κ1) is 12.1. The molecule has 0 bridgehead atoms. The molecule has 0 aliphatic heterocycles. The van der Waals surface area contributed by atoms with Gasteiger partial charge in [-0.1, -0.05) is 30.3 Å². The Hall–Kier alpha value is -1.39. The van der Waals surface area contributed by atoms with Crippen LogP contribution in [0.15, 0.2) is 42.7 Å². The van der Waals surface area contributed by atoms with E-state index in [0.29, 0.717) is 0 Å². The van der Waals surface area contributed by atoms with E-state index in [1.165, 1.54) is 5.56 Å². The Balaban J connectivity index is 1.84. The third kappa shape index (κ3) is 3.54. The average molecular weight is 247 g/mol. The highest BCUT2D eigenvalue weighted by Gasteiger charge is 2.00. The average Bonchev–Trinajstić information content (AvgIpc) is 2.74. The maximum absolute atomic E-state index is 5.16. The van der Waals surface area contributed by atoms with E-state index in [2.05, 4.69) is 45.8 Å². The van der Waals surface area contributed by atoms with Gasteiger partial charge in [0.1, 0.15) is 0 Å². The lowest BCUT2D eigenvalue weighted by Gasteiger charge is -2.16. The van der Waals surface area contributed by atoms with Gasteiger partial charge in [-0.3, -0.25) is 0 Å². The number of hydrogen-bond donors (Lipinski definition) is 1. The van der Waals surface area contributed by atoms with E-state index in [1.54, 1.807) is 0 Å². The number of aromatic nitrogens is 2. The molecule has 2 rings (SSSR count). The normalized spacial score (nSPS) is 10.9. The van der Waals surface area contributed by atoms with E-state index in [1.807, 2.05) is 18.5 Å². The van der Waals surface area contributed by atoms with Crippen LogP contribution >= 0.6 is 12.2 Å². The molecule has 1 aromatic heterocycles. The number of aromatic amines is 1. The fourth-order valence-corrected chi connectivity index (χ4v) is 2.00. The minimum Gasteiger partial charge on any atom is -0.337 e. The molecule has 0 unspecified atom stereocenters. The summed E-state index contributed by atoms with van der Waals surface area (Å²) in [6.45, 7) is 2.88. The van der Waals surface area contributed by atoms with Gasteiger partial charge in [0.25, 0.3) is 0 Å². The summed E-state index contributed by atoms with van der Waals surface area (Å²) in [6.07, 6.45) is 3.86. The second kappa shape index (κ2) is 5.80. The Bertz CT molecular complexity index is 501. The van der Waals surface area contributed by atoms with Gasteiger partial charge in [-0.05, 0) is 24.8 Å². The van der Waals surface area contributed by atoms with Crippen molar-refractivity contribution in [2.75, 3.05) is 13.6 Å². The van der Waals surface area contributed by atoms with Crippen molar-refractivity contribution in [3.63, 3.8) is 0 Å². The van der Waals surface area contributed by atoms with Crippen LogP contribution in [-0.4, -0.2) is 28.0 Å². The number of rotatable bonds is 5. The van der Waals surface area contributed by atoms with Crippen molar-refractivity contribution >= 4 is 12.2 Å². The Kier molecular flexibility index (Phi) is 4.12. The van der Waals surface area contributed by atoms with Gasteiger partial charge in [-0.15, -0.1) is 0 Å². The molecule has 0 fully saturated rings. The maximum atomic E-state index is 5.16. The zero-order chi connectivity index (χ0) is 12.1. The number of hydrogen-bond acceptors (Lipinski definition) is 2. The minimum atomic E-state index is 0.790. The number of H-pyrrole nitrogens is 1. The fraction of sp³-hybridized carbons (Fsp3) is 0.308. The third-order valence-corrected chi connectivity index (χ3v) is 3.09. The third-order valence-electron chi connectivity index (χ3n) is 2.74. The first-order valence-electron chi connectivity index (χ1n) is 5.72. The molecule has 17 heavy (non-hydrogen) atoms. The first-order chi connectivity index (χ1) is 8.25. The molecule has 2 aromatic rings. The van der Waals surface area contributed by atoms with Crippen molar-refractivity contribution in [1.82, 2.24) is 14.5 Å². The molecule has 1 aromatic carbocycles. The summed E-state index contributed by atoms with van der Waals surface area (Å²) in [5.74, 6) is 0. The molecule has 4 heteroatoms. The van der Waals surface area contributed by atoms with Crippen LogP contribution in [-0.2, 0) is 13.1 Å². The van der Waals surface area contributed by atoms with Crippen LogP contribution < -0.4 is 0 Å². The van der Waals surface area contributed by atoms with Gasteiger partial charge >= 0.3 is 0 Å².